The molecule has 1 aliphatic carbocycles. The summed E-state index contributed by atoms with van der Waals surface area (Å²) in [6.07, 6.45) is 4.22. The van der Waals surface area contributed by atoms with Crippen LogP contribution in [0.1, 0.15) is 36.8 Å². The molecule has 0 radical (unpaired) electrons. The Hall–Kier alpha value is -0.610. The summed E-state index contributed by atoms with van der Waals surface area (Å²) in [6, 6.07) is 0.789. The lowest BCUT2D eigenvalue weighted by atomic mass is 10.1. The standard InChI is InChI=1S/C13H21N3S/c1-3-14-7-12-9(2)15-13(17-12)16-8-10-4-5-11(16)6-10/h10-11,14H,3-8H2,1-2H3. The zero-order valence-corrected chi connectivity index (χ0v) is 11.5. The van der Waals surface area contributed by atoms with Crippen molar-refractivity contribution >= 4 is 16.5 Å². The second-order valence-electron chi connectivity index (χ2n) is 5.27. The zero-order valence-electron chi connectivity index (χ0n) is 10.7. The molecule has 2 aliphatic rings. The maximum Gasteiger partial charge on any atom is 0.186 e. The van der Waals surface area contributed by atoms with Crippen LogP contribution < -0.4 is 10.2 Å². The lowest BCUT2D eigenvalue weighted by Crippen LogP contribution is -2.31. The fourth-order valence-corrected chi connectivity index (χ4v) is 4.21. The maximum absolute atomic E-state index is 4.77. The van der Waals surface area contributed by atoms with Crippen LogP contribution >= 0.6 is 11.3 Å². The Balaban J connectivity index is 1.75. The van der Waals surface area contributed by atoms with Gasteiger partial charge in [0, 0.05) is 24.0 Å². The minimum atomic E-state index is 0.789. The third-order valence-electron chi connectivity index (χ3n) is 4.07. The van der Waals surface area contributed by atoms with Gasteiger partial charge in [0.1, 0.15) is 0 Å². The van der Waals surface area contributed by atoms with Gasteiger partial charge >= 0.3 is 0 Å². The van der Waals surface area contributed by atoms with Crippen LogP contribution in [-0.4, -0.2) is 24.1 Å². The summed E-state index contributed by atoms with van der Waals surface area (Å²) in [7, 11) is 0. The van der Waals surface area contributed by atoms with Crippen molar-refractivity contribution in [3.63, 3.8) is 0 Å². The van der Waals surface area contributed by atoms with Crippen LogP contribution in [0.2, 0.25) is 0 Å². The number of aromatic nitrogens is 1. The van der Waals surface area contributed by atoms with Crippen LogP contribution in [-0.2, 0) is 6.54 Å². The quantitative estimate of drug-likeness (QED) is 0.891. The van der Waals surface area contributed by atoms with E-state index in [0.29, 0.717) is 0 Å². The number of hydrogen-bond acceptors (Lipinski definition) is 4. The van der Waals surface area contributed by atoms with E-state index >= 15 is 0 Å². The SMILES string of the molecule is CCNCc1sc(N2CC3CCC2C3)nc1C. The fraction of sp³-hybridized carbons (Fsp3) is 0.769. The van der Waals surface area contributed by atoms with E-state index in [4.69, 9.17) is 4.98 Å². The number of fused-ring (bicyclic) bond motifs is 2. The van der Waals surface area contributed by atoms with E-state index in [0.717, 1.165) is 25.0 Å². The number of hydrogen-bond donors (Lipinski definition) is 1. The van der Waals surface area contributed by atoms with Gasteiger partial charge < -0.3 is 10.2 Å². The minimum Gasteiger partial charge on any atom is -0.345 e. The van der Waals surface area contributed by atoms with E-state index in [2.05, 4.69) is 24.1 Å². The van der Waals surface area contributed by atoms with Gasteiger partial charge in [-0.25, -0.2) is 4.98 Å². The number of nitrogens with zero attached hydrogens (tertiary/aromatic N) is 2. The molecular weight excluding hydrogens is 230 g/mol. The Morgan fingerprint density at radius 3 is 3.00 bits per heavy atom. The average Bonchev–Trinajstić information content (AvgIpc) is 3.01. The lowest BCUT2D eigenvalue weighted by molar-refractivity contribution is 0.553. The molecule has 2 unspecified atom stereocenters. The highest BCUT2D eigenvalue weighted by Crippen LogP contribution is 2.41. The first kappa shape index (κ1) is 11.5. The molecule has 0 amide bonds. The third-order valence-corrected chi connectivity index (χ3v) is 5.27. The van der Waals surface area contributed by atoms with Crippen molar-refractivity contribution in [1.29, 1.82) is 0 Å². The van der Waals surface area contributed by atoms with Crippen LogP contribution in [0.4, 0.5) is 5.13 Å². The Kier molecular flexibility index (Phi) is 3.09. The molecule has 94 valence electrons. The van der Waals surface area contributed by atoms with Gasteiger partial charge in [-0.3, -0.25) is 0 Å². The van der Waals surface area contributed by atoms with Gasteiger partial charge in [-0.1, -0.05) is 6.92 Å². The molecule has 2 bridgehead atoms. The second kappa shape index (κ2) is 4.58. The van der Waals surface area contributed by atoms with E-state index in [9.17, 15) is 0 Å². The maximum atomic E-state index is 4.77. The van der Waals surface area contributed by atoms with Crippen molar-refractivity contribution in [3.05, 3.63) is 10.6 Å². The summed E-state index contributed by atoms with van der Waals surface area (Å²) in [4.78, 5) is 8.73. The number of aryl methyl sites for hydroxylation is 1. The summed E-state index contributed by atoms with van der Waals surface area (Å²) in [5.74, 6) is 0.946. The molecule has 3 nitrogen and oxygen atoms in total. The first-order chi connectivity index (χ1) is 8.28. The molecule has 2 atom stereocenters. The van der Waals surface area contributed by atoms with E-state index in [-0.39, 0.29) is 0 Å². The van der Waals surface area contributed by atoms with Crippen LogP contribution in [0, 0.1) is 12.8 Å². The van der Waals surface area contributed by atoms with Crippen molar-refractivity contribution in [2.24, 2.45) is 5.92 Å². The molecule has 1 aromatic rings. The van der Waals surface area contributed by atoms with Crippen LogP contribution in [0.5, 0.6) is 0 Å². The summed E-state index contributed by atoms with van der Waals surface area (Å²) < 4.78 is 0. The third kappa shape index (κ3) is 2.08. The number of anilines is 1. The molecular formula is C13H21N3S. The normalized spacial score (nSPS) is 27.1. The highest BCUT2D eigenvalue weighted by Gasteiger charge is 2.39. The van der Waals surface area contributed by atoms with Crippen LogP contribution in [0.3, 0.4) is 0 Å². The molecule has 1 aliphatic heterocycles. The predicted molar refractivity (Wildman–Crippen MR) is 72.7 cm³/mol. The molecule has 1 saturated heterocycles. The first-order valence-electron chi connectivity index (χ1n) is 6.71. The number of piperidine rings is 1. The molecule has 2 heterocycles. The van der Waals surface area contributed by atoms with Crippen molar-refractivity contribution in [2.45, 2.75) is 45.7 Å². The lowest BCUT2D eigenvalue weighted by Gasteiger charge is -2.26. The Morgan fingerprint density at radius 1 is 1.47 bits per heavy atom. The largest absolute Gasteiger partial charge is 0.345 e. The number of rotatable bonds is 4. The monoisotopic (exact) mass is 251 g/mol. The summed E-state index contributed by atoms with van der Waals surface area (Å²) in [5, 5.41) is 4.66. The average molecular weight is 251 g/mol. The molecule has 2 fully saturated rings. The van der Waals surface area contributed by atoms with Crippen LogP contribution in [0.15, 0.2) is 0 Å². The molecule has 17 heavy (non-hydrogen) atoms. The summed E-state index contributed by atoms with van der Waals surface area (Å²) in [6.45, 7) is 7.54. The fourth-order valence-electron chi connectivity index (χ4n) is 3.10. The predicted octanol–water partition coefficient (Wildman–Crippen LogP) is 2.55. The molecule has 0 aromatic carbocycles. The number of nitrogens with one attached hydrogen (secondary N) is 1. The second-order valence-corrected chi connectivity index (χ2v) is 6.33. The van der Waals surface area contributed by atoms with E-state index in [1.54, 1.807) is 0 Å². The Morgan fingerprint density at radius 2 is 2.35 bits per heavy atom. The van der Waals surface area contributed by atoms with Gasteiger partial charge in [0.2, 0.25) is 0 Å². The minimum absolute atomic E-state index is 0.789. The topological polar surface area (TPSA) is 28.2 Å². The van der Waals surface area contributed by atoms with Crippen molar-refractivity contribution in [1.82, 2.24) is 10.3 Å². The van der Waals surface area contributed by atoms with E-state index in [1.165, 1.54) is 41.5 Å². The molecule has 1 N–H and O–H groups in total. The molecule has 3 rings (SSSR count). The van der Waals surface area contributed by atoms with Crippen molar-refractivity contribution in [2.75, 3.05) is 18.0 Å². The Labute approximate surface area is 107 Å². The van der Waals surface area contributed by atoms with Gasteiger partial charge in [-0.15, -0.1) is 11.3 Å². The van der Waals surface area contributed by atoms with E-state index < -0.39 is 0 Å². The van der Waals surface area contributed by atoms with Gasteiger partial charge in [0.05, 0.1) is 5.69 Å². The Bertz CT molecular complexity index is 401. The van der Waals surface area contributed by atoms with Gasteiger partial charge in [0.15, 0.2) is 5.13 Å². The van der Waals surface area contributed by atoms with Crippen LogP contribution in [0.25, 0.3) is 0 Å². The smallest absolute Gasteiger partial charge is 0.186 e. The first-order valence-corrected chi connectivity index (χ1v) is 7.53. The molecule has 1 saturated carbocycles. The van der Waals surface area contributed by atoms with Gasteiger partial charge in [-0.05, 0) is 38.6 Å². The van der Waals surface area contributed by atoms with Gasteiger partial charge in [-0.2, -0.15) is 0 Å². The molecule has 0 spiro atoms. The molecule has 1 aromatic heterocycles. The summed E-state index contributed by atoms with van der Waals surface area (Å²) in [5.41, 5.74) is 1.22. The van der Waals surface area contributed by atoms with Crippen molar-refractivity contribution in [3.8, 4) is 0 Å². The van der Waals surface area contributed by atoms with Crippen molar-refractivity contribution < 1.29 is 0 Å². The van der Waals surface area contributed by atoms with Gasteiger partial charge in [0.25, 0.3) is 0 Å². The van der Waals surface area contributed by atoms with E-state index in [1.807, 2.05) is 11.3 Å². The summed E-state index contributed by atoms with van der Waals surface area (Å²) >= 11 is 1.89. The highest BCUT2D eigenvalue weighted by atomic mass is 32.1. The number of thiazole rings is 1. The molecule has 4 heteroatoms. The highest BCUT2D eigenvalue weighted by molar-refractivity contribution is 7.15. The zero-order chi connectivity index (χ0) is 11.8.